The van der Waals surface area contributed by atoms with Crippen LogP contribution in [0, 0.1) is 0 Å². The third-order valence-corrected chi connectivity index (χ3v) is 4.95. The Labute approximate surface area is 199 Å². The van der Waals surface area contributed by atoms with Gasteiger partial charge in [0.15, 0.2) is 0 Å². The van der Waals surface area contributed by atoms with Gasteiger partial charge >= 0.3 is 5.97 Å². The second-order valence-corrected chi connectivity index (χ2v) is 7.64. The van der Waals surface area contributed by atoms with Crippen molar-refractivity contribution in [2.75, 3.05) is 13.2 Å². The molecular formula is C21H28N6O8. The number of rotatable bonds is 13. The number of aliphatic carboxylic acids is 1. The van der Waals surface area contributed by atoms with Crippen LogP contribution in [0.3, 0.4) is 0 Å². The highest BCUT2D eigenvalue weighted by Crippen LogP contribution is 2.12. The zero-order valence-corrected chi connectivity index (χ0v) is 18.5. The van der Waals surface area contributed by atoms with E-state index in [1.165, 1.54) is 36.8 Å². The number of aliphatic hydroxyl groups is 2. The van der Waals surface area contributed by atoms with Gasteiger partial charge in [0, 0.05) is 24.7 Å². The van der Waals surface area contributed by atoms with Crippen LogP contribution in [0.1, 0.15) is 11.3 Å². The van der Waals surface area contributed by atoms with Gasteiger partial charge in [0.25, 0.3) is 0 Å². The van der Waals surface area contributed by atoms with Gasteiger partial charge in [-0.3, -0.25) is 14.4 Å². The number of aromatic nitrogens is 2. The molecule has 1 aromatic heterocycles. The minimum absolute atomic E-state index is 0.0208. The lowest BCUT2D eigenvalue weighted by atomic mass is 10.0. The van der Waals surface area contributed by atoms with E-state index in [2.05, 4.69) is 25.9 Å². The zero-order valence-electron chi connectivity index (χ0n) is 18.5. The number of carboxylic acid groups (broad SMARTS) is 1. The summed E-state index contributed by atoms with van der Waals surface area (Å²) in [4.78, 5) is 56.0. The predicted octanol–water partition coefficient (Wildman–Crippen LogP) is -3.25. The molecule has 0 aliphatic rings. The Bertz CT molecular complexity index is 998. The van der Waals surface area contributed by atoms with Crippen molar-refractivity contribution in [3.8, 4) is 5.75 Å². The van der Waals surface area contributed by atoms with Gasteiger partial charge in [-0.2, -0.15) is 0 Å². The van der Waals surface area contributed by atoms with E-state index in [-0.39, 0.29) is 18.6 Å². The summed E-state index contributed by atoms with van der Waals surface area (Å²) < 4.78 is 0. The quantitative estimate of drug-likeness (QED) is 0.135. The maximum Gasteiger partial charge on any atom is 0.328 e. The number of carbonyl (C=O) groups is 4. The summed E-state index contributed by atoms with van der Waals surface area (Å²) in [6, 6.07) is 0.319. The molecule has 0 saturated carbocycles. The number of hydrogen-bond acceptors (Lipinski definition) is 9. The fourth-order valence-electron chi connectivity index (χ4n) is 2.99. The van der Waals surface area contributed by atoms with Crippen LogP contribution in [-0.4, -0.2) is 91.5 Å². The van der Waals surface area contributed by atoms with E-state index >= 15 is 0 Å². The van der Waals surface area contributed by atoms with E-state index in [0.29, 0.717) is 11.3 Å². The molecule has 0 spiro atoms. The number of carboxylic acids is 1. The smallest absolute Gasteiger partial charge is 0.328 e. The molecule has 2 aromatic rings. The number of aliphatic hydroxyl groups excluding tert-OH is 2. The molecular weight excluding hydrogens is 464 g/mol. The molecule has 0 saturated heterocycles. The molecule has 4 unspecified atom stereocenters. The molecule has 0 aliphatic heterocycles. The summed E-state index contributed by atoms with van der Waals surface area (Å²) in [7, 11) is 0. The molecule has 3 amide bonds. The van der Waals surface area contributed by atoms with Gasteiger partial charge in [0.2, 0.25) is 17.7 Å². The molecule has 0 radical (unpaired) electrons. The number of nitrogens with zero attached hydrogens (tertiary/aromatic N) is 1. The number of imidazole rings is 1. The van der Waals surface area contributed by atoms with Crippen LogP contribution in [0.15, 0.2) is 36.8 Å². The molecule has 4 atom stereocenters. The number of nitrogens with one attached hydrogen (secondary N) is 4. The molecule has 14 nitrogen and oxygen atoms in total. The molecule has 14 heteroatoms. The molecule has 1 aromatic carbocycles. The van der Waals surface area contributed by atoms with Crippen LogP contribution in [0.25, 0.3) is 0 Å². The summed E-state index contributed by atoms with van der Waals surface area (Å²) in [5.41, 5.74) is 6.53. The van der Waals surface area contributed by atoms with Crippen molar-refractivity contribution in [2.24, 2.45) is 5.73 Å². The highest BCUT2D eigenvalue weighted by molar-refractivity contribution is 5.94. The predicted molar refractivity (Wildman–Crippen MR) is 120 cm³/mol. The summed E-state index contributed by atoms with van der Waals surface area (Å²) in [5, 5.41) is 44.0. The van der Waals surface area contributed by atoms with Crippen molar-refractivity contribution in [1.29, 1.82) is 0 Å². The maximum atomic E-state index is 13.1. The number of amides is 3. The lowest BCUT2D eigenvalue weighted by molar-refractivity contribution is -0.143. The lowest BCUT2D eigenvalue weighted by Gasteiger charge is -2.25. The Morgan fingerprint density at radius 3 is 1.97 bits per heavy atom. The number of phenols is 1. The van der Waals surface area contributed by atoms with Crippen LogP contribution in [0.2, 0.25) is 0 Å². The molecule has 0 fully saturated rings. The second-order valence-electron chi connectivity index (χ2n) is 7.64. The number of H-pyrrole nitrogens is 1. The van der Waals surface area contributed by atoms with Crippen molar-refractivity contribution in [2.45, 2.75) is 37.0 Å². The van der Waals surface area contributed by atoms with Crippen LogP contribution in [-0.2, 0) is 32.0 Å². The zero-order chi connectivity index (χ0) is 26.0. The molecule has 10 N–H and O–H groups in total. The molecule has 190 valence electrons. The average Bonchev–Trinajstić information content (AvgIpc) is 3.35. The van der Waals surface area contributed by atoms with Gasteiger partial charge in [0.1, 0.15) is 29.9 Å². The van der Waals surface area contributed by atoms with Crippen molar-refractivity contribution in [1.82, 2.24) is 25.9 Å². The number of aromatic hydroxyl groups is 1. The van der Waals surface area contributed by atoms with Crippen molar-refractivity contribution < 1.29 is 39.6 Å². The highest BCUT2D eigenvalue weighted by atomic mass is 16.4. The second kappa shape index (κ2) is 13.0. The summed E-state index contributed by atoms with van der Waals surface area (Å²) >= 11 is 0. The van der Waals surface area contributed by atoms with Crippen LogP contribution in [0.4, 0.5) is 0 Å². The molecule has 1 heterocycles. The van der Waals surface area contributed by atoms with Gasteiger partial charge in [-0.05, 0) is 17.7 Å². The largest absolute Gasteiger partial charge is 0.508 e. The fraction of sp³-hybridized carbons (Fsp3) is 0.381. The summed E-state index contributed by atoms with van der Waals surface area (Å²) in [6.45, 7) is -1.54. The van der Waals surface area contributed by atoms with Crippen molar-refractivity contribution in [3.63, 3.8) is 0 Å². The van der Waals surface area contributed by atoms with Gasteiger partial charge in [-0.15, -0.1) is 0 Å². The minimum atomic E-state index is -1.61. The van der Waals surface area contributed by atoms with Gasteiger partial charge in [0.05, 0.1) is 19.5 Å². The highest BCUT2D eigenvalue weighted by Gasteiger charge is 2.30. The third-order valence-electron chi connectivity index (χ3n) is 4.95. The van der Waals surface area contributed by atoms with E-state index in [0.717, 1.165) is 0 Å². The van der Waals surface area contributed by atoms with Crippen molar-refractivity contribution >= 4 is 23.7 Å². The van der Waals surface area contributed by atoms with Gasteiger partial charge < -0.3 is 47.1 Å². The standard InChI is InChI=1S/C21H28N6O8/c22-14(8-28)18(31)25-16(6-12-7-23-10-24-12)20(33)26-15(5-11-1-3-13(30)4-2-11)19(32)27-17(9-29)21(34)35/h1-4,7,10,14-17,28-30H,5-6,8-9,22H2,(H,23,24)(H,25,31)(H,26,33)(H,27,32)(H,34,35). The lowest BCUT2D eigenvalue weighted by Crippen LogP contribution is -2.58. The van der Waals surface area contributed by atoms with Gasteiger partial charge in [-0.25, -0.2) is 9.78 Å². The number of carbonyl (C=O) groups excluding carboxylic acids is 3. The normalized spacial score (nSPS) is 14.3. The summed E-state index contributed by atoms with van der Waals surface area (Å²) in [5.74, 6) is -4.00. The molecule has 2 rings (SSSR count). The number of nitrogens with two attached hydrogens (primary N) is 1. The Morgan fingerprint density at radius 2 is 1.46 bits per heavy atom. The molecule has 0 bridgehead atoms. The monoisotopic (exact) mass is 492 g/mol. The van der Waals surface area contributed by atoms with E-state index in [4.69, 9.17) is 15.9 Å². The van der Waals surface area contributed by atoms with E-state index < -0.39 is 61.1 Å². The fourth-order valence-corrected chi connectivity index (χ4v) is 2.99. The third kappa shape index (κ3) is 8.37. The minimum Gasteiger partial charge on any atom is -0.508 e. The number of phenolic OH excluding ortho intramolecular Hbond substituents is 1. The van der Waals surface area contributed by atoms with Crippen LogP contribution >= 0.6 is 0 Å². The maximum absolute atomic E-state index is 13.1. The number of hydrogen-bond donors (Lipinski definition) is 9. The number of benzene rings is 1. The first-order chi connectivity index (χ1) is 16.6. The number of aromatic amines is 1. The van der Waals surface area contributed by atoms with Crippen LogP contribution < -0.4 is 21.7 Å². The Balaban J connectivity index is 2.26. The molecule has 0 aliphatic carbocycles. The Morgan fingerprint density at radius 1 is 0.886 bits per heavy atom. The van der Waals surface area contributed by atoms with Gasteiger partial charge in [-0.1, -0.05) is 12.1 Å². The van der Waals surface area contributed by atoms with E-state index in [9.17, 15) is 29.4 Å². The SMILES string of the molecule is NC(CO)C(=O)NC(Cc1cnc[nH]1)C(=O)NC(Cc1ccc(O)cc1)C(=O)NC(CO)C(=O)O. The van der Waals surface area contributed by atoms with Crippen molar-refractivity contribution in [3.05, 3.63) is 48.0 Å². The topological polar surface area (TPSA) is 240 Å². The van der Waals surface area contributed by atoms with Crippen LogP contribution in [0.5, 0.6) is 5.75 Å². The summed E-state index contributed by atoms with van der Waals surface area (Å²) in [6.07, 6.45) is 2.64. The average molecular weight is 492 g/mol. The first kappa shape index (κ1) is 27.2. The first-order valence-electron chi connectivity index (χ1n) is 10.5. The first-order valence-corrected chi connectivity index (χ1v) is 10.5. The van der Waals surface area contributed by atoms with E-state index in [1.54, 1.807) is 0 Å². The Hall–Kier alpha value is -4.01. The Kier molecular flexibility index (Phi) is 10.1. The van der Waals surface area contributed by atoms with E-state index in [1.807, 2.05) is 0 Å². The molecule has 35 heavy (non-hydrogen) atoms.